The van der Waals surface area contributed by atoms with Crippen LogP contribution in [0.4, 0.5) is 11.5 Å². The van der Waals surface area contributed by atoms with Crippen molar-refractivity contribution in [3.8, 4) is 0 Å². The van der Waals surface area contributed by atoms with Gasteiger partial charge < -0.3 is 15.7 Å². The molecule has 1 fully saturated rings. The van der Waals surface area contributed by atoms with Crippen molar-refractivity contribution in [3.63, 3.8) is 0 Å². The lowest BCUT2D eigenvalue weighted by Gasteiger charge is -2.34. The van der Waals surface area contributed by atoms with Gasteiger partial charge in [-0.3, -0.25) is 0 Å². The van der Waals surface area contributed by atoms with Gasteiger partial charge in [-0.15, -0.1) is 0 Å². The molecule has 0 amide bonds. The second-order valence-corrected chi connectivity index (χ2v) is 4.93. The van der Waals surface area contributed by atoms with E-state index in [0.29, 0.717) is 5.92 Å². The number of hydrogen-bond acceptors (Lipinski definition) is 4. The van der Waals surface area contributed by atoms with Crippen LogP contribution in [-0.4, -0.2) is 29.3 Å². The van der Waals surface area contributed by atoms with Gasteiger partial charge in [-0.25, -0.2) is 4.98 Å². The normalized spacial score (nSPS) is 19.4. The Morgan fingerprint density at radius 3 is 2.71 bits per heavy atom. The maximum atomic E-state index is 9.57. The molecule has 1 atom stereocenters. The summed E-state index contributed by atoms with van der Waals surface area (Å²) in [5.74, 6) is 1.31. The molecule has 2 heterocycles. The molecule has 0 aliphatic carbocycles. The van der Waals surface area contributed by atoms with Crippen LogP contribution >= 0.6 is 0 Å². The van der Waals surface area contributed by atoms with Crippen LogP contribution in [-0.2, 0) is 0 Å². The second kappa shape index (κ2) is 4.92. The molecule has 0 spiro atoms. The predicted molar refractivity (Wildman–Crippen MR) is 70.0 cm³/mol. The topological polar surface area (TPSA) is 62.4 Å². The minimum absolute atomic E-state index is 0.208. The van der Waals surface area contributed by atoms with Crippen LogP contribution < -0.4 is 10.6 Å². The van der Waals surface area contributed by atoms with Crippen molar-refractivity contribution in [2.45, 2.75) is 32.8 Å². The van der Waals surface area contributed by atoms with Gasteiger partial charge in [-0.1, -0.05) is 0 Å². The largest absolute Gasteiger partial charge is 0.396 e. The van der Waals surface area contributed by atoms with Crippen LogP contribution in [0, 0.1) is 12.8 Å². The maximum absolute atomic E-state index is 9.57. The lowest BCUT2D eigenvalue weighted by molar-refractivity contribution is 0.110. The SMILES string of the molecule is Cc1ccnc(N2CCC(C(C)O)CC2)c1N. The minimum atomic E-state index is -0.208. The van der Waals surface area contributed by atoms with Crippen LogP contribution in [0.1, 0.15) is 25.3 Å². The molecule has 4 heteroatoms. The summed E-state index contributed by atoms with van der Waals surface area (Å²) >= 11 is 0. The smallest absolute Gasteiger partial charge is 0.152 e. The number of aryl methyl sites for hydroxylation is 1. The van der Waals surface area contributed by atoms with Gasteiger partial charge in [-0.05, 0) is 44.2 Å². The van der Waals surface area contributed by atoms with Crippen molar-refractivity contribution in [1.29, 1.82) is 0 Å². The molecular formula is C13H21N3O. The number of aliphatic hydroxyl groups is 1. The first kappa shape index (κ1) is 12.2. The number of piperidine rings is 1. The Hall–Kier alpha value is -1.29. The van der Waals surface area contributed by atoms with Crippen LogP contribution in [0.15, 0.2) is 12.3 Å². The number of anilines is 2. The molecule has 94 valence electrons. The van der Waals surface area contributed by atoms with E-state index < -0.39 is 0 Å². The molecule has 4 nitrogen and oxygen atoms in total. The molecule has 0 radical (unpaired) electrons. The van der Waals surface area contributed by atoms with E-state index in [4.69, 9.17) is 5.73 Å². The lowest BCUT2D eigenvalue weighted by atomic mass is 9.92. The number of hydrogen-bond donors (Lipinski definition) is 2. The highest BCUT2D eigenvalue weighted by atomic mass is 16.3. The van der Waals surface area contributed by atoms with Crippen molar-refractivity contribution in [2.75, 3.05) is 23.7 Å². The van der Waals surface area contributed by atoms with E-state index in [1.165, 1.54) is 0 Å². The van der Waals surface area contributed by atoms with E-state index in [-0.39, 0.29) is 6.10 Å². The monoisotopic (exact) mass is 235 g/mol. The van der Waals surface area contributed by atoms with E-state index >= 15 is 0 Å². The molecule has 0 aromatic carbocycles. The highest BCUT2D eigenvalue weighted by Crippen LogP contribution is 2.28. The fraction of sp³-hybridized carbons (Fsp3) is 0.615. The fourth-order valence-corrected chi connectivity index (χ4v) is 2.40. The molecule has 1 aromatic rings. The summed E-state index contributed by atoms with van der Waals surface area (Å²) in [6.45, 7) is 5.73. The first-order valence-corrected chi connectivity index (χ1v) is 6.23. The molecule has 1 aliphatic heterocycles. The Kier molecular flexibility index (Phi) is 3.52. The third-order valence-corrected chi connectivity index (χ3v) is 3.71. The minimum Gasteiger partial charge on any atom is -0.396 e. The van der Waals surface area contributed by atoms with Gasteiger partial charge in [0.2, 0.25) is 0 Å². The fourth-order valence-electron chi connectivity index (χ4n) is 2.40. The molecule has 0 saturated carbocycles. The van der Waals surface area contributed by atoms with E-state index in [1.807, 2.05) is 26.1 Å². The van der Waals surface area contributed by atoms with E-state index in [2.05, 4.69) is 9.88 Å². The average molecular weight is 235 g/mol. The molecule has 1 aromatic heterocycles. The third kappa shape index (κ3) is 2.52. The zero-order chi connectivity index (χ0) is 12.4. The molecule has 3 N–H and O–H groups in total. The van der Waals surface area contributed by atoms with Gasteiger partial charge in [0, 0.05) is 19.3 Å². The molecular weight excluding hydrogens is 214 g/mol. The molecule has 0 bridgehead atoms. The lowest BCUT2D eigenvalue weighted by Crippen LogP contribution is -2.37. The number of nitrogens with zero attached hydrogens (tertiary/aromatic N) is 2. The number of nitrogens with two attached hydrogens (primary N) is 1. The Balaban J connectivity index is 2.08. The van der Waals surface area contributed by atoms with Crippen LogP contribution in [0.3, 0.4) is 0 Å². The number of aliphatic hydroxyl groups excluding tert-OH is 1. The molecule has 1 unspecified atom stereocenters. The zero-order valence-corrected chi connectivity index (χ0v) is 10.6. The van der Waals surface area contributed by atoms with Crippen LogP contribution in [0.25, 0.3) is 0 Å². The number of pyridine rings is 1. The van der Waals surface area contributed by atoms with Gasteiger partial charge >= 0.3 is 0 Å². The second-order valence-electron chi connectivity index (χ2n) is 4.93. The van der Waals surface area contributed by atoms with Gasteiger partial charge in [-0.2, -0.15) is 0 Å². The number of aromatic nitrogens is 1. The van der Waals surface area contributed by atoms with Crippen molar-refractivity contribution in [2.24, 2.45) is 5.92 Å². The number of rotatable bonds is 2. The Bertz CT molecular complexity index is 384. The highest BCUT2D eigenvalue weighted by molar-refractivity contribution is 5.66. The summed E-state index contributed by atoms with van der Waals surface area (Å²) in [6, 6.07) is 1.93. The number of nitrogen functional groups attached to an aromatic ring is 1. The maximum Gasteiger partial charge on any atom is 0.152 e. The van der Waals surface area contributed by atoms with Crippen molar-refractivity contribution >= 4 is 11.5 Å². The van der Waals surface area contributed by atoms with Crippen molar-refractivity contribution < 1.29 is 5.11 Å². The Morgan fingerprint density at radius 1 is 1.47 bits per heavy atom. The van der Waals surface area contributed by atoms with Crippen molar-refractivity contribution in [1.82, 2.24) is 4.98 Å². The predicted octanol–water partition coefficient (Wildman–Crippen LogP) is 1.57. The van der Waals surface area contributed by atoms with E-state index in [9.17, 15) is 5.11 Å². The van der Waals surface area contributed by atoms with Crippen LogP contribution in [0.5, 0.6) is 0 Å². The van der Waals surface area contributed by atoms with E-state index in [1.54, 1.807) is 0 Å². The quantitative estimate of drug-likeness (QED) is 0.816. The Labute approximate surface area is 102 Å². The third-order valence-electron chi connectivity index (χ3n) is 3.71. The summed E-state index contributed by atoms with van der Waals surface area (Å²) in [5.41, 5.74) is 7.91. The zero-order valence-electron chi connectivity index (χ0n) is 10.6. The van der Waals surface area contributed by atoms with Crippen LogP contribution in [0.2, 0.25) is 0 Å². The first-order chi connectivity index (χ1) is 8.09. The van der Waals surface area contributed by atoms with Gasteiger partial charge in [0.15, 0.2) is 5.82 Å². The summed E-state index contributed by atoms with van der Waals surface area (Å²) in [4.78, 5) is 6.59. The highest BCUT2D eigenvalue weighted by Gasteiger charge is 2.24. The summed E-state index contributed by atoms with van der Waals surface area (Å²) in [7, 11) is 0. The van der Waals surface area contributed by atoms with E-state index in [0.717, 1.165) is 43.0 Å². The van der Waals surface area contributed by atoms with Gasteiger partial charge in [0.1, 0.15) is 0 Å². The van der Waals surface area contributed by atoms with Crippen molar-refractivity contribution in [3.05, 3.63) is 17.8 Å². The van der Waals surface area contributed by atoms with Gasteiger partial charge in [0.25, 0.3) is 0 Å². The molecule has 17 heavy (non-hydrogen) atoms. The summed E-state index contributed by atoms with van der Waals surface area (Å²) in [5, 5.41) is 9.57. The molecule has 1 saturated heterocycles. The molecule has 1 aliphatic rings. The standard InChI is InChI=1S/C13H21N3O/c1-9-3-6-15-13(12(9)14)16-7-4-11(5-8-16)10(2)17/h3,6,10-11,17H,4-5,7-8,14H2,1-2H3. The first-order valence-electron chi connectivity index (χ1n) is 6.23. The summed E-state index contributed by atoms with van der Waals surface area (Å²) in [6.07, 6.45) is 3.61. The van der Waals surface area contributed by atoms with Gasteiger partial charge in [0.05, 0.1) is 11.8 Å². The Morgan fingerprint density at radius 2 is 2.12 bits per heavy atom. The average Bonchev–Trinajstić information content (AvgIpc) is 2.33. The molecule has 2 rings (SSSR count). The summed E-state index contributed by atoms with van der Waals surface area (Å²) < 4.78 is 0.